The number of allylic oxidation sites excluding steroid dienone is 5. The summed E-state index contributed by atoms with van der Waals surface area (Å²) in [7, 11) is 0. The van der Waals surface area contributed by atoms with Crippen LogP contribution in [0.3, 0.4) is 0 Å². The average Bonchev–Trinajstić information content (AvgIpc) is 2.23. The van der Waals surface area contributed by atoms with E-state index in [4.69, 9.17) is 10.7 Å². The van der Waals surface area contributed by atoms with Gasteiger partial charge in [-0.1, -0.05) is 37.3 Å². The Morgan fingerprint density at radius 3 is 2.50 bits per heavy atom. The highest BCUT2D eigenvalue weighted by molar-refractivity contribution is 5.14. The second-order valence-electron chi connectivity index (χ2n) is 3.05. The molecule has 0 aliphatic carbocycles. The summed E-state index contributed by atoms with van der Waals surface area (Å²) in [5.41, 5.74) is 1.23. The first-order valence-electron chi connectivity index (χ1n) is 5.08. The van der Waals surface area contributed by atoms with Gasteiger partial charge >= 0.3 is 0 Å². The molecule has 2 nitrogen and oxygen atoms in total. The second kappa shape index (κ2) is 8.73. The van der Waals surface area contributed by atoms with Gasteiger partial charge < -0.3 is 0 Å². The Balaban J connectivity index is 4.16. The first-order chi connectivity index (χ1) is 6.79. The molecule has 0 aliphatic rings. The fraction of sp³-hybridized carbons (Fsp3) is 0.500. The normalized spacial score (nSPS) is 15.6. The molecule has 0 amide bonds. The molecule has 0 fully saturated rings. The number of nitrogens with two attached hydrogens (primary N) is 1. The Kier molecular flexibility index (Phi) is 8.19. The van der Waals surface area contributed by atoms with E-state index in [2.05, 4.69) is 19.1 Å². The largest absolute Gasteiger partial charge is 0.297 e. The third kappa shape index (κ3) is 5.00. The van der Waals surface area contributed by atoms with Crippen LogP contribution < -0.4 is 5.90 Å². The Morgan fingerprint density at radius 2 is 2.07 bits per heavy atom. The van der Waals surface area contributed by atoms with Gasteiger partial charge in [0.2, 0.25) is 0 Å². The predicted molar refractivity (Wildman–Crippen MR) is 61.7 cm³/mol. The smallest absolute Gasteiger partial charge is 0.0997 e. The number of hydrogen-bond acceptors (Lipinski definition) is 2. The van der Waals surface area contributed by atoms with Crippen molar-refractivity contribution in [1.82, 2.24) is 0 Å². The quantitative estimate of drug-likeness (QED) is 0.401. The van der Waals surface area contributed by atoms with E-state index >= 15 is 0 Å². The van der Waals surface area contributed by atoms with Crippen LogP contribution >= 0.6 is 0 Å². The Hall–Kier alpha value is -0.860. The molecule has 0 heterocycles. The van der Waals surface area contributed by atoms with E-state index in [1.807, 2.05) is 32.1 Å². The van der Waals surface area contributed by atoms with Crippen molar-refractivity contribution in [3.8, 4) is 0 Å². The molecule has 0 bridgehead atoms. The number of hydrogen-bond donors (Lipinski definition) is 1. The van der Waals surface area contributed by atoms with Gasteiger partial charge in [-0.2, -0.15) is 0 Å². The monoisotopic (exact) mass is 195 g/mol. The SMILES string of the molecule is C/C=C\C=C/C/C(=C\C)[C@@H](CC)ON. The molecule has 0 saturated heterocycles. The lowest BCUT2D eigenvalue weighted by atomic mass is 10.0. The summed E-state index contributed by atoms with van der Waals surface area (Å²) >= 11 is 0. The van der Waals surface area contributed by atoms with Crippen LogP contribution in [0.25, 0.3) is 0 Å². The van der Waals surface area contributed by atoms with Crippen LogP contribution in [0.4, 0.5) is 0 Å². The molecular formula is C12H21NO. The van der Waals surface area contributed by atoms with Crippen molar-refractivity contribution >= 4 is 0 Å². The zero-order valence-electron chi connectivity index (χ0n) is 9.36. The molecule has 0 aromatic rings. The summed E-state index contributed by atoms with van der Waals surface area (Å²) in [6, 6.07) is 0. The first kappa shape index (κ1) is 13.1. The molecule has 0 radical (unpaired) electrons. The van der Waals surface area contributed by atoms with E-state index in [0.717, 1.165) is 12.8 Å². The lowest BCUT2D eigenvalue weighted by Gasteiger charge is -2.14. The molecule has 0 aromatic carbocycles. The Labute approximate surface area is 87.1 Å². The maximum Gasteiger partial charge on any atom is 0.0997 e. The summed E-state index contributed by atoms with van der Waals surface area (Å²) in [6.07, 6.45) is 12.1. The zero-order valence-corrected chi connectivity index (χ0v) is 9.36. The molecule has 0 spiro atoms. The molecule has 14 heavy (non-hydrogen) atoms. The molecular weight excluding hydrogens is 174 g/mol. The van der Waals surface area contributed by atoms with Crippen molar-refractivity contribution in [2.24, 2.45) is 5.90 Å². The summed E-state index contributed by atoms with van der Waals surface area (Å²) in [5.74, 6) is 5.21. The summed E-state index contributed by atoms with van der Waals surface area (Å²) in [6.45, 7) is 6.08. The second-order valence-corrected chi connectivity index (χ2v) is 3.05. The van der Waals surface area contributed by atoms with Gasteiger partial charge in [-0.3, -0.25) is 4.84 Å². The van der Waals surface area contributed by atoms with Crippen LogP contribution in [0, 0.1) is 0 Å². The highest BCUT2D eigenvalue weighted by atomic mass is 16.6. The topological polar surface area (TPSA) is 35.2 Å². The molecule has 2 heteroatoms. The molecule has 0 saturated carbocycles. The third-order valence-electron chi connectivity index (χ3n) is 2.11. The van der Waals surface area contributed by atoms with E-state index in [1.54, 1.807) is 0 Å². The third-order valence-corrected chi connectivity index (χ3v) is 2.11. The molecule has 80 valence electrons. The van der Waals surface area contributed by atoms with Gasteiger partial charge in [-0.15, -0.1) is 0 Å². The van der Waals surface area contributed by atoms with E-state index < -0.39 is 0 Å². The highest BCUT2D eigenvalue weighted by Gasteiger charge is 2.08. The molecule has 0 rings (SSSR count). The van der Waals surface area contributed by atoms with Crippen molar-refractivity contribution in [2.75, 3.05) is 0 Å². The van der Waals surface area contributed by atoms with E-state index in [0.29, 0.717) is 0 Å². The standard InChI is InChI=1S/C12H21NO/c1-4-7-8-9-10-11(5-2)12(6-3)14-13/h4-5,7-9,12H,6,10,13H2,1-3H3/b7-4-,9-8-,11-5+/t12-/m1/s1. The van der Waals surface area contributed by atoms with Crippen LogP contribution in [-0.2, 0) is 4.84 Å². The fourth-order valence-corrected chi connectivity index (χ4v) is 1.27. The summed E-state index contributed by atoms with van der Waals surface area (Å²) in [4.78, 5) is 4.89. The van der Waals surface area contributed by atoms with Crippen molar-refractivity contribution in [1.29, 1.82) is 0 Å². The van der Waals surface area contributed by atoms with Crippen LogP contribution in [0.5, 0.6) is 0 Å². The lowest BCUT2D eigenvalue weighted by Crippen LogP contribution is -2.18. The van der Waals surface area contributed by atoms with Gasteiger partial charge in [-0.25, -0.2) is 5.90 Å². The summed E-state index contributed by atoms with van der Waals surface area (Å²) in [5, 5.41) is 0. The molecule has 2 N–H and O–H groups in total. The van der Waals surface area contributed by atoms with Crippen LogP contribution in [0.1, 0.15) is 33.6 Å². The van der Waals surface area contributed by atoms with Crippen LogP contribution in [0.2, 0.25) is 0 Å². The maximum atomic E-state index is 5.21. The lowest BCUT2D eigenvalue weighted by molar-refractivity contribution is 0.0745. The van der Waals surface area contributed by atoms with E-state index in [9.17, 15) is 0 Å². The minimum atomic E-state index is 0.0512. The Morgan fingerprint density at radius 1 is 1.36 bits per heavy atom. The Bertz CT molecular complexity index is 212. The zero-order chi connectivity index (χ0) is 10.8. The van der Waals surface area contributed by atoms with Crippen LogP contribution in [-0.4, -0.2) is 6.10 Å². The van der Waals surface area contributed by atoms with Crippen LogP contribution in [0.15, 0.2) is 36.0 Å². The highest BCUT2D eigenvalue weighted by Crippen LogP contribution is 2.13. The van der Waals surface area contributed by atoms with Gasteiger partial charge in [0, 0.05) is 0 Å². The van der Waals surface area contributed by atoms with Crippen molar-refractivity contribution in [3.63, 3.8) is 0 Å². The van der Waals surface area contributed by atoms with Crippen molar-refractivity contribution in [3.05, 3.63) is 36.0 Å². The van der Waals surface area contributed by atoms with Gasteiger partial charge in [0.15, 0.2) is 0 Å². The molecule has 0 unspecified atom stereocenters. The van der Waals surface area contributed by atoms with Gasteiger partial charge in [0.05, 0.1) is 6.10 Å². The summed E-state index contributed by atoms with van der Waals surface area (Å²) < 4.78 is 0. The maximum absolute atomic E-state index is 5.21. The van der Waals surface area contributed by atoms with Gasteiger partial charge in [0.1, 0.15) is 0 Å². The average molecular weight is 195 g/mol. The predicted octanol–water partition coefficient (Wildman–Crippen LogP) is 3.12. The van der Waals surface area contributed by atoms with Gasteiger partial charge in [-0.05, 0) is 32.3 Å². The van der Waals surface area contributed by atoms with E-state index in [-0.39, 0.29) is 6.10 Å². The van der Waals surface area contributed by atoms with E-state index in [1.165, 1.54) is 5.57 Å². The minimum Gasteiger partial charge on any atom is -0.297 e. The molecule has 0 aromatic heterocycles. The minimum absolute atomic E-state index is 0.0512. The van der Waals surface area contributed by atoms with Crippen molar-refractivity contribution in [2.45, 2.75) is 39.7 Å². The van der Waals surface area contributed by atoms with Crippen molar-refractivity contribution < 1.29 is 4.84 Å². The number of rotatable bonds is 6. The fourth-order valence-electron chi connectivity index (χ4n) is 1.27. The molecule has 1 atom stereocenters. The first-order valence-corrected chi connectivity index (χ1v) is 5.08. The van der Waals surface area contributed by atoms with Gasteiger partial charge in [0.25, 0.3) is 0 Å². The molecule has 0 aliphatic heterocycles.